The number of methoxy groups -OCH3 is 1. The molecule has 0 saturated heterocycles. The summed E-state index contributed by atoms with van der Waals surface area (Å²) in [5, 5.41) is 2.09. The third-order valence-corrected chi connectivity index (χ3v) is 3.59. The molecule has 0 atom stereocenters. The molecular weight excluding hydrogens is 361 g/mol. The molecule has 2 aromatic carbocycles. The van der Waals surface area contributed by atoms with Crippen molar-refractivity contribution in [1.82, 2.24) is 0 Å². The highest BCUT2D eigenvalue weighted by atomic mass is 35.5. The van der Waals surface area contributed by atoms with Gasteiger partial charge in [-0.3, -0.25) is 9.59 Å². The number of hydrogen-bond acceptors (Lipinski definition) is 3. The van der Waals surface area contributed by atoms with Crippen molar-refractivity contribution in [3.8, 4) is 5.75 Å². The normalized spacial score (nSPS) is 11.1. The number of ether oxygens (including phenoxy) is 1. The molecule has 0 bridgehead atoms. The summed E-state index contributed by atoms with van der Waals surface area (Å²) >= 11 is 5.80. The lowest BCUT2D eigenvalue weighted by molar-refractivity contribution is -0.137. The van der Waals surface area contributed by atoms with Crippen LogP contribution in [0.2, 0.25) is 5.02 Å². The van der Waals surface area contributed by atoms with Crippen molar-refractivity contribution in [3.63, 3.8) is 0 Å². The van der Waals surface area contributed by atoms with E-state index in [-0.39, 0.29) is 27.6 Å². The standard InChI is InChI=1S/C16H12ClF3N2O3/c1-25-13-5-2-8(14(21)23)6-10(13)15(24)22-12-4-3-9(7-11(12)17)16(18,19)20/h2-7H,1H3,(H2,21,23)(H,22,24). The Balaban J connectivity index is 2.34. The minimum Gasteiger partial charge on any atom is -0.496 e. The summed E-state index contributed by atoms with van der Waals surface area (Å²) in [4.78, 5) is 23.6. The molecule has 0 saturated carbocycles. The first kappa shape index (κ1) is 18.6. The van der Waals surface area contributed by atoms with Gasteiger partial charge in [0.1, 0.15) is 5.75 Å². The van der Waals surface area contributed by atoms with Crippen LogP contribution in [0.15, 0.2) is 36.4 Å². The van der Waals surface area contributed by atoms with Gasteiger partial charge in [0, 0.05) is 5.56 Å². The lowest BCUT2D eigenvalue weighted by atomic mass is 10.1. The van der Waals surface area contributed by atoms with Crippen LogP contribution >= 0.6 is 11.6 Å². The summed E-state index contributed by atoms with van der Waals surface area (Å²) in [6.45, 7) is 0. The summed E-state index contributed by atoms with van der Waals surface area (Å²) < 4.78 is 43.0. The van der Waals surface area contributed by atoms with Gasteiger partial charge in [-0.2, -0.15) is 13.2 Å². The monoisotopic (exact) mass is 372 g/mol. The Hall–Kier alpha value is -2.74. The van der Waals surface area contributed by atoms with Crippen molar-refractivity contribution in [3.05, 3.63) is 58.1 Å². The fourth-order valence-corrected chi connectivity index (χ4v) is 2.25. The number of carbonyl (C=O) groups excluding carboxylic acids is 2. The van der Waals surface area contributed by atoms with Crippen molar-refractivity contribution in [2.24, 2.45) is 5.73 Å². The highest BCUT2D eigenvalue weighted by molar-refractivity contribution is 6.34. The van der Waals surface area contributed by atoms with Crippen LogP contribution < -0.4 is 15.8 Å². The first-order valence-electron chi connectivity index (χ1n) is 6.79. The molecule has 2 amide bonds. The van der Waals surface area contributed by atoms with Gasteiger partial charge in [0.25, 0.3) is 5.91 Å². The summed E-state index contributed by atoms with van der Waals surface area (Å²) in [5.41, 5.74) is 4.26. The largest absolute Gasteiger partial charge is 0.496 e. The first-order chi connectivity index (χ1) is 11.6. The van der Waals surface area contributed by atoms with Crippen LogP contribution in [0.1, 0.15) is 26.3 Å². The van der Waals surface area contributed by atoms with Crippen LogP contribution in [0.4, 0.5) is 18.9 Å². The Kier molecular flexibility index (Phi) is 5.22. The summed E-state index contributed by atoms with van der Waals surface area (Å²) in [6, 6.07) is 6.50. The van der Waals surface area contributed by atoms with Gasteiger partial charge in [0.15, 0.2) is 0 Å². The number of alkyl halides is 3. The molecule has 0 aromatic heterocycles. The molecule has 25 heavy (non-hydrogen) atoms. The molecule has 0 radical (unpaired) electrons. The van der Waals surface area contributed by atoms with E-state index in [2.05, 4.69) is 5.32 Å². The van der Waals surface area contributed by atoms with E-state index in [0.29, 0.717) is 6.07 Å². The fraction of sp³-hybridized carbons (Fsp3) is 0.125. The number of nitrogens with two attached hydrogens (primary N) is 1. The lowest BCUT2D eigenvalue weighted by Gasteiger charge is -2.13. The van der Waals surface area contributed by atoms with Gasteiger partial charge in [0.2, 0.25) is 5.91 Å². The van der Waals surface area contributed by atoms with Gasteiger partial charge in [-0.25, -0.2) is 0 Å². The first-order valence-corrected chi connectivity index (χ1v) is 7.17. The van der Waals surface area contributed by atoms with Crippen LogP contribution in [-0.2, 0) is 6.18 Å². The zero-order valence-electron chi connectivity index (χ0n) is 12.8. The zero-order valence-corrected chi connectivity index (χ0v) is 13.5. The Bertz CT molecular complexity index is 838. The minimum absolute atomic E-state index is 0.0187. The van der Waals surface area contributed by atoms with E-state index in [1.807, 2.05) is 0 Å². The topological polar surface area (TPSA) is 81.4 Å². The van der Waals surface area contributed by atoms with Crippen LogP contribution in [-0.4, -0.2) is 18.9 Å². The number of nitrogens with one attached hydrogen (secondary N) is 1. The van der Waals surface area contributed by atoms with E-state index >= 15 is 0 Å². The van der Waals surface area contributed by atoms with Gasteiger partial charge in [-0.05, 0) is 36.4 Å². The average Bonchev–Trinajstić information content (AvgIpc) is 2.54. The number of primary amides is 1. The van der Waals surface area contributed by atoms with Gasteiger partial charge >= 0.3 is 6.18 Å². The van der Waals surface area contributed by atoms with Crippen molar-refractivity contribution in [2.75, 3.05) is 12.4 Å². The lowest BCUT2D eigenvalue weighted by Crippen LogP contribution is -2.17. The SMILES string of the molecule is COc1ccc(C(N)=O)cc1C(=O)Nc1ccc(C(F)(F)F)cc1Cl. The Morgan fingerprint density at radius 3 is 2.36 bits per heavy atom. The Labute approximate surface area is 145 Å². The van der Waals surface area contributed by atoms with Gasteiger partial charge < -0.3 is 15.8 Å². The minimum atomic E-state index is -4.55. The average molecular weight is 373 g/mol. The van der Waals surface area contributed by atoms with Crippen LogP contribution in [0, 0.1) is 0 Å². The molecule has 0 aliphatic carbocycles. The molecule has 2 rings (SSSR count). The third kappa shape index (κ3) is 4.21. The molecule has 3 N–H and O–H groups in total. The van der Waals surface area contributed by atoms with E-state index < -0.39 is 23.6 Å². The highest BCUT2D eigenvalue weighted by Gasteiger charge is 2.31. The fourth-order valence-electron chi connectivity index (χ4n) is 2.02. The smallest absolute Gasteiger partial charge is 0.416 e. The van der Waals surface area contributed by atoms with E-state index in [9.17, 15) is 22.8 Å². The number of amides is 2. The number of anilines is 1. The summed E-state index contributed by atoms with van der Waals surface area (Å²) in [7, 11) is 1.32. The number of carbonyl (C=O) groups is 2. The molecule has 9 heteroatoms. The third-order valence-electron chi connectivity index (χ3n) is 3.27. The number of rotatable bonds is 4. The quantitative estimate of drug-likeness (QED) is 0.858. The van der Waals surface area contributed by atoms with Gasteiger partial charge in [0.05, 0.1) is 28.9 Å². The summed E-state index contributed by atoms with van der Waals surface area (Å²) in [6.07, 6.45) is -4.55. The molecule has 0 fully saturated rings. The van der Waals surface area contributed by atoms with Crippen molar-refractivity contribution >= 4 is 29.1 Å². The summed E-state index contributed by atoms with van der Waals surface area (Å²) in [5.74, 6) is -1.31. The Morgan fingerprint density at radius 1 is 1.16 bits per heavy atom. The van der Waals surface area contributed by atoms with E-state index in [0.717, 1.165) is 12.1 Å². The molecule has 0 aliphatic rings. The van der Waals surface area contributed by atoms with Crippen LogP contribution in [0.3, 0.4) is 0 Å². The molecule has 0 spiro atoms. The van der Waals surface area contributed by atoms with Crippen LogP contribution in [0.25, 0.3) is 0 Å². The second-order valence-electron chi connectivity index (χ2n) is 4.93. The van der Waals surface area contributed by atoms with E-state index in [1.54, 1.807) is 0 Å². The number of benzene rings is 2. The maximum absolute atomic E-state index is 12.6. The molecule has 2 aromatic rings. The predicted molar refractivity (Wildman–Crippen MR) is 85.9 cm³/mol. The molecule has 0 heterocycles. The van der Waals surface area contributed by atoms with Crippen molar-refractivity contribution in [1.29, 1.82) is 0 Å². The second kappa shape index (κ2) is 7.02. The van der Waals surface area contributed by atoms with Crippen LogP contribution in [0.5, 0.6) is 5.75 Å². The number of halogens is 4. The van der Waals surface area contributed by atoms with Crippen molar-refractivity contribution in [2.45, 2.75) is 6.18 Å². The zero-order chi connectivity index (χ0) is 18.8. The van der Waals surface area contributed by atoms with Gasteiger partial charge in [-0.15, -0.1) is 0 Å². The molecular formula is C16H12ClF3N2O3. The van der Waals surface area contributed by atoms with Crippen molar-refractivity contribution < 1.29 is 27.5 Å². The van der Waals surface area contributed by atoms with E-state index in [1.165, 1.54) is 25.3 Å². The van der Waals surface area contributed by atoms with E-state index in [4.69, 9.17) is 22.1 Å². The Morgan fingerprint density at radius 2 is 1.84 bits per heavy atom. The van der Waals surface area contributed by atoms with Gasteiger partial charge in [-0.1, -0.05) is 11.6 Å². The molecule has 132 valence electrons. The molecule has 0 aliphatic heterocycles. The maximum Gasteiger partial charge on any atom is 0.416 e. The molecule has 0 unspecified atom stereocenters. The predicted octanol–water partition coefficient (Wildman–Crippen LogP) is 3.72. The molecule has 5 nitrogen and oxygen atoms in total. The second-order valence-corrected chi connectivity index (χ2v) is 5.33. The number of hydrogen-bond donors (Lipinski definition) is 2. The maximum atomic E-state index is 12.6. The highest BCUT2D eigenvalue weighted by Crippen LogP contribution is 2.34.